The zero-order chi connectivity index (χ0) is 21.2. The molecule has 1 unspecified atom stereocenters. The Morgan fingerprint density at radius 1 is 1.26 bits per heavy atom. The lowest BCUT2D eigenvalue weighted by atomic mass is 9.83. The maximum Gasteiger partial charge on any atom is 0.191 e. The first kappa shape index (κ1) is 26.8. The number of aryl methyl sites for hydroxylation is 1. The Labute approximate surface area is 209 Å². The molecule has 178 valence electrons. The Morgan fingerprint density at radius 2 is 2.00 bits per heavy atom. The van der Waals surface area contributed by atoms with Crippen LogP contribution in [0, 0.1) is 12.3 Å². The molecule has 2 fully saturated rings. The molecule has 1 aliphatic carbocycles. The Kier molecular flexibility index (Phi) is 12.1. The molecule has 2 aliphatic rings. The zero-order valence-corrected chi connectivity index (χ0v) is 22.6. The number of hydrogen-bond acceptors (Lipinski definition) is 5. The summed E-state index contributed by atoms with van der Waals surface area (Å²) in [6.07, 6.45) is 6.28. The van der Waals surface area contributed by atoms with Crippen molar-refractivity contribution < 1.29 is 9.47 Å². The quantitative estimate of drug-likeness (QED) is 0.254. The van der Waals surface area contributed by atoms with E-state index in [0.717, 1.165) is 64.9 Å². The first-order valence-electron chi connectivity index (χ1n) is 11.5. The summed E-state index contributed by atoms with van der Waals surface area (Å²) >= 11 is 1.90. The number of morpholine rings is 1. The molecule has 0 radical (unpaired) electrons. The largest absolute Gasteiger partial charge is 0.385 e. The van der Waals surface area contributed by atoms with E-state index in [9.17, 15) is 0 Å². The lowest BCUT2D eigenvalue weighted by Gasteiger charge is -2.34. The molecule has 2 heterocycles. The van der Waals surface area contributed by atoms with Crippen molar-refractivity contribution in [2.24, 2.45) is 10.4 Å². The van der Waals surface area contributed by atoms with Crippen molar-refractivity contribution in [3.8, 4) is 0 Å². The molecule has 1 aromatic rings. The number of nitrogens with zero attached hydrogens (tertiary/aromatic N) is 2. The summed E-state index contributed by atoms with van der Waals surface area (Å²) in [5.41, 5.74) is 0.312. The molecule has 1 saturated carbocycles. The van der Waals surface area contributed by atoms with E-state index in [1.54, 1.807) is 7.11 Å². The number of hydrogen-bond donors (Lipinski definition) is 2. The van der Waals surface area contributed by atoms with E-state index in [1.807, 2.05) is 11.3 Å². The van der Waals surface area contributed by atoms with Gasteiger partial charge in [0.05, 0.1) is 19.3 Å². The number of rotatable bonds is 10. The van der Waals surface area contributed by atoms with E-state index in [1.165, 1.54) is 35.4 Å². The van der Waals surface area contributed by atoms with Gasteiger partial charge in [-0.2, -0.15) is 0 Å². The standard InChI is InChI=1S/C23H40N4O2S.HI/c1-4-24-22(26-18-23(11-14-28-3)9-5-6-10-23)25-17-20(21-8-7-19(2)30-21)27-12-15-29-16-13-27;/h7-8,20H,4-6,9-18H2,1-3H3,(H2,24,25,26);1H. The summed E-state index contributed by atoms with van der Waals surface area (Å²) in [6.45, 7) is 11.4. The second kappa shape index (κ2) is 14.0. The summed E-state index contributed by atoms with van der Waals surface area (Å²) in [5, 5.41) is 7.12. The van der Waals surface area contributed by atoms with E-state index >= 15 is 0 Å². The van der Waals surface area contributed by atoms with Crippen molar-refractivity contribution in [3.05, 3.63) is 21.9 Å². The minimum absolute atomic E-state index is 0. The monoisotopic (exact) mass is 564 g/mol. The summed E-state index contributed by atoms with van der Waals surface area (Å²) in [7, 11) is 1.80. The van der Waals surface area contributed by atoms with Crippen molar-refractivity contribution in [1.82, 2.24) is 15.5 Å². The third-order valence-electron chi connectivity index (χ3n) is 6.46. The van der Waals surface area contributed by atoms with Gasteiger partial charge in [0.15, 0.2) is 5.96 Å². The van der Waals surface area contributed by atoms with Crippen molar-refractivity contribution in [3.63, 3.8) is 0 Å². The van der Waals surface area contributed by atoms with Crippen molar-refractivity contribution in [2.75, 3.05) is 59.7 Å². The molecule has 6 nitrogen and oxygen atoms in total. The lowest BCUT2D eigenvalue weighted by Crippen LogP contribution is -2.46. The van der Waals surface area contributed by atoms with Crippen LogP contribution < -0.4 is 10.6 Å². The topological polar surface area (TPSA) is 58.1 Å². The first-order valence-corrected chi connectivity index (χ1v) is 12.4. The molecule has 1 saturated heterocycles. The number of nitrogens with one attached hydrogen (secondary N) is 2. The van der Waals surface area contributed by atoms with Gasteiger partial charge >= 0.3 is 0 Å². The fourth-order valence-corrected chi connectivity index (χ4v) is 5.66. The van der Waals surface area contributed by atoms with E-state index in [-0.39, 0.29) is 24.0 Å². The normalized spacial score (nSPS) is 20.3. The summed E-state index contributed by atoms with van der Waals surface area (Å²) in [6, 6.07) is 4.86. The van der Waals surface area contributed by atoms with Gasteiger partial charge in [-0.3, -0.25) is 9.89 Å². The molecule has 0 bridgehead atoms. The highest BCUT2D eigenvalue weighted by molar-refractivity contribution is 14.0. The summed E-state index contributed by atoms with van der Waals surface area (Å²) < 4.78 is 11.0. The number of methoxy groups -OCH3 is 1. The van der Waals surface area contributed by atoms with Crippen LogP contribution in [0.3, 0.4) is 0 Å². The molecule has 1 aromatic heterocycles. The maximum absolute atomic E-state index is 5.59. The average Bonchev–Trinajstić information content (AvgIpc) is 3.41. The molecular formula is C23H41IN4O2S. The maximum atomic E-state index is 5.59. The van der Waals surface area contributed by atoms with Crippen LogP contribution in [-0.4, -0.2) is 70.5 Å². The number of aliphatic imine (C=N–C) groups is 1. The number of halogens is 1. The predicted molar refractivity (Wildman–Crippen MR) is 141 cm³/mol. The fourth-order valence-electron chi connectivity index (χ4n) is 4.64. The highest BCUT2D eigenvalue weighted by Crippen LogP contribution is 2.41. The van der Waals surface area contributed by atoms with Crippen LogP contribution in [-0.2, 0) is 9.47 Å². The van der Waals surface area contributed by atoms with Gasteiger partial charge in [-0.25, -0.2) is 0 Å². The Hall–Kier alpha value is -0.420. The number of thiophene rings is 1. The highest BCUT2D eigenvalue weighted by atomic mass is 127. The fraction of sp³-hybridized carbons (Fsp3) is 0.783. The van der Waals surface area contributed by atoms with Crippen LogP contribution >= 0.6 is 35.3 Å². The van der Waals surface area contributed by atoms with Gasteiger partial charge in [0.2, 0.25) is 0 Å². The van der Waals surface area contributed by atoms with E-state index in [4.69, 9.17) is 14.5 Å². The molecule has 1 aliphatic heterocycles. The molecule has 8 heteroatoms. The first-order chi connectivity index (χ1) is 14.7. The van der Waals surface area contributed by atoms with E-state index in [2.05, 4.69) is 41.5 Å². The van der Waals surface area contributed by atoms with Gasteiger partial charge in [-0.15, -0.1) is 35.3 Å². The molecular weight excluding hydrogens is 523 g/mol. The highest BCUT2D eigenvalue weighted by Gasteiger charge is 2.33. The predicted octanol–water partition coefficient (Wildman–Crippen LogP) is 4.20. The molecule has 1 atom stereocenters. The summed E-state index contributed by atoms with van der Waals surface area (Å²) in [5.74, 6) is 0.938. The van der Waals surface area contributed by atoms with Gasteiger partial charge in [0.1, 0.15) is 0 Å². The van der Waals surface area contributed by atoms with Gasteiger partial charge in [0.25, 0.3) is 0 Å². The van der Waals surface area contributed by atoms with Crippen LogP contribution in [0.4, 0.5) is 0 Å². The van der Waals surface area contributed by atoms with E-state index < -0.39 is 0 Å². The molecule has 2 N–H and O–H groups in total. The zero-order valence-electron chi connectivity index (χ0n) is 19.5. The minimum Gasteiger partial charge on any atom is -0.385 e. The Morgan fingerprint density at radius 3 is 2.61 bits per heavy atom. The smallest absolute Gasteiger partial charge is 0.191 e. The third kappa shape index (κ3) is 8.14. The van der Waals surface area contributed by atoms with Crippen LogP contribution in [0.15, 0.2) is 17.1 Å². The SMILES string of the molecule is CCNC(=NCC1(CCOC)CCCC1)NCC(c1ccc(C)s1)N1CCOCC1.I. The molecule has 0 aromatic carbocycles. The third-order valence-corrected chi connectivity index (χ3v) is 7.56. The van der Waals surface area contributed by atoms with Gasteiger partial charge in [-0.05, 0) is 50.7 Å². The summed E-state index contributed by atoms with van der Waals surface area (Å²) in [4.78, 5) is 10.4. The second-order valence-corrected chi connectivity index (χ2v) is 9.96. The van der Waals surface area contributed by atoms with Crippen molar-refractivity contribution >= 4 is 41.3 Å². The van der Waals surface area contributed by atoms with Crippen LogP contribution in [0.25, 0.3) is 0 Å². The van der Waals surface area contributed by atoms with Crippen LogP contribution in [0.5, 0.6) is 0 Å². The van der Waals surface area contributed by atoms with Crippen molar-refractivity contribution in [2.45, 2.75) is 52.0 Å². The Balaban J connectivity index is 0.00000341. The lowest BCUT2D eigenvalue weighted by molar-refractivity contribution is 0.0177. The van der Waals surface area contributed by atoms with E-state index in [0.29, 0.717) is 11.5 Å². The van der Waals surface area contributed by atoms with Crippen LogP contribution in [0.1, 0.15) is 54.8 Å². The second-order valence-electron chi connectivity index (χ2n) is 8.64. The van der Waals surface area contributed by atoms with Crippen LogP contribution in [0.2, 0.25) is 0 Å². The number of guanidine groups is 1. The van der Waals surface area contributed by atoms with Gasteiger partial charge in [0, 0.05) is 56.2 Å². The molecule has 3 rings (SSSR count). The minimum atomic E-state index is 0. The van der Waals surface area contributed by atoms with Gasteiger partial charge in [-0.1, -0.05) is 12.8 Å². The molecule has 0 spiro atoms. The van der Waals surface area contributed by atoms with Crippen molar-refractivity contribution in [1.29, 1.82) is 0 Å². The average molecular weight is 565 g/mol. The molecule has 0 amide bonds. The Bertz CT molecular complexity index is 658. The molecule has 31 heavy (non-hydrogen) atoms. The number of ether oxygens (including phenoxy) is 2. The van der Waals surface area contributed by atoms with Gasteiger partial charge < -0.3 is 20.1 Å².